The lowest BCUT2D eigenvalue weighted by Crippen LogP contribution is -2.11. The van der Waals surface area contributed by atoms with E-state index in [1.807, 2.05) is 6.07 Å². The second-order valence-corrected chi connectivity index (χ2v) is 6.02. The third kappa shape index (κ3) is 3.26. The van der Waals surface area contributed by atoms with Gasteiger partial charge in [0.1, 0.15) is 11.3 Å². The summed E-state index contributed by atoms with van der Waals surface area (Å²) in [5.41, 5.74) is 7.51. The maximum absolute atomic E-state index is 12.3. The molecule has 122 valence electrons. The quantitative estimate of drug-likeness (QED) is 0.530. The van der Waals surface area contributed by atoms with Crippen molar-refractivity contribution in [1.29, 1.82) is 0 Å². The van der Waals surface area contributed by atoms with Crippen LogP contribution in [-0.2, 0) is 0 Å². The number of H-pyrrole nitrogens is 1. The van der Waals surface area contributed by atoms with Crippen LogP contribution in [0.25, 0.3) is 11.0 Å². The van der Waals surface area contributed by atoms with E-state index in [-0.39, 0.29) is 11.5 Å². The summed E-state index contributed by atoms with van der Waals surface area (Å²) >= 11 is 1.27. The molecule has 3 N–H and O–H groups in total. The molecule has 0 radical (unpaired) electrons. The number of methoxy groups -OCH3 is 1. The largest absolute Gasteiger partial charge is 0.497 e. The topological polar surface area (TPSA) is 98.1 Å². The van der Waals surface area contributed by atoms with E-state index in [2.05, 4.69) is 9.97 Å². The number of primary amides is 1. The van der Waals surface area contributed by atoms with Crippen LogP contribution in [0.1, 0.15) is 20.7 Å². The van der Waals surface area contributed by atoms with Gasteiger partial charge in [0.05, 0.1) is 23.9 Å². The van der Waals surface area contributed by atoms with Crippen molar-refractivity contribution in [2.24, 2.45) is 5.73 Å². The summed E-state index contributed by atoms with van der Waals surface area (Å²) in [5.74, 6) is 0.296. The van der Waals surface area contributed by atoms with Crippen LogP contribution in [-0.4, -0.2) is 34.5 Å². The average Bonchev–Trinajstić information content (AvgIpc) is 3.02. The number of benzene rings is 2. The summed E-state index contributed by atoms with van der Waals surface area (Å²) in [6, 6.07) is 12.2. The Morgan fingerprint density at radius 2 is 2.04 bits per heavy atom. The van der Waals surface area contributed by atoms with Crippen molar-refractivity contribution in [3.63, 3.8) is 0 Å². The number of hydrogen-bond donors (Lipinski definition) is 2. The molecule has 2 aromatic carbocycles. The summed E-state index contributed by atoms with van der Waals surface area (Å²) in [6.45, 7) is 0. The number of ketones is 1. The van der Waals surface area contributed by atoms with Gasteiger partial charge in [-0.25, -0.2) is 4.98 Å². The molecular weight excluding hydrogens is 326 g/mol. The van der Waals surface area contributed by atoms with Gasteiger partial charge < -0.3 is 15.5 Å². The van der Waals surface area contributed by atoms with Crippen LogP contribution in [0.15, 0.2) is 47.6 Å². The Morgan fingerprint density at radius 3 is 2.79 bits per heavy atom. The number of fused-ring (bicyclic) bond motifs is 1. The van der Waals surface area contributed by atoms with Crippen LogP contribution >= 0.6 is 11.8 Å². The van der Waals surface area contributed by atoms with Crippen molar-refractivity contribution in [1.82, 2.24) is 9.97 Å². The number of para-hydroxylation sites is 1. The molecule has 7 heteroatoms. The minimum absolute atomic E-state index is 0.0329. The molecule has 6 nitrogen and oxygen atoms in total. The Balaban J connectivity index is 1.77. The molecule has 3 aromatic rings. The van der Waals surface area contributed by atoms with Gasteiger partial charge in [0, 0.05) is 5.56 Å². The highest BCUT2D eigenvalue weighted by Gasteiger charge is 2.13. The number of rotatable bonds is 6. The van der Waals surface area contributed by atoms with Crippen LogP contribution in [0, 0.1) is 0 Å². The van der Waals surface area contributed by atoms with Gasteiger partial charge in [0.2, 0.25) is 0 Å². The van der Waals surface area contributed by atoms with Crippen molar-refractivity contribution < 1.29 is 14.3 Å². The molecule has 24 heavy (non-hydrogen) atoms. The molecule has 1 aromatic heterocycles. The lowest BCUT2D eigenvalue weighted by atomic mass is 10.1. The van der Waals surface area contributed by atoms with E-state index in [0.717, 1.165) is 0 Å². The smallest absolute Gasteiger partial charge is 0.250 e. The van der Waals surface area contributed by atoms with Crippen LogP contribution in [0.5, 0.6) is 5.75 Å². The molecule has 0 atom stereocenters. The number of nitrogens with one attached hydrogen (secondary N) is 1. The van der Waals surface area contributed by atoms with Crippen LogP contribution in [0.3, 0.4) is 0 Å². The van der Waals surface area contributed by atoms with E-state index in [1.165, 1.54) is 11.8 Å². The Hall–Kier alpha value is -2.80. The van der Waals surface area contributed by atoms with E-state index in [9.17, 15) is 9.59 Å². The number of aromatic nitrogens is 2. The predicted molar refractivity (Wildman–Crippen MR) is 92.7 cm³/mol. The number of nitrogens with zero attached hydrogens (tertiary/aromatic N) is 1. The molecule has 0 fully saturated rings. The molecule has 1 amide bonds. The normalized spacial score (nSPS) is 10.7. The monoisotopic (exact) mass is 341 g/mol. The molecule has 1 heterocycles. The SMILES string of the molecule is COc1cccc(C(=O)CSc2nc3c(C(N)=O)cccc3[nH]2)c1. The molecule has 0 aliphatic heterocycles. The van der Waals surface area contributed by atoms with Gasteiger partial charge in [0.15, 0.2) is 10.9 Å². The summed E-state index contributed by atoms with van der Waals surface area (Å²) in [6.07, 6.45) is 0. The van der Waals surface area contributed by atoms with Crippen molar-refractivity contribution in [3.8, 4) is 5.75 Å². The fraction of sp³-hybridized carbons (Fsp3) is 0.118. The Morgan fingerprint density at radius 1 is 1.25 bits per heavy atom. The molecule has 3 rings (SSSR count). The number of aromatic amines is 1. The van der Waals surface area contributed by atoms with Gasteiger partial charge in [-0.1, -0.05) is 30.0 Å². The number of carbonyl (C=O) groups excluding carboxylic acids is 2. The zero-order valence-electron chi connectivity index (χ0n) is 12.9. The summed E-state index contributed by atoms with van der Waals surface area (Å²) in [5, 5.41) is 0.565. The second-order valence-electron chi connectivity index (χ2n) is 5.05. The molecule has 0 spiro atoms. The van der Waals surface area contributed by atoms with Crippen LogP contribution in [0.4, 0.5) is 0 Å². The van der Waals surface area contributed by atoms with Gasteiger partial charge in [0.25, 0.3) is 5.91 Å². The first kappa shape index (κ1) is 16.1. The number of carbonyl (C=O) groups is 2. The highest BCUT2D eigenvalue weighted by Crippen LogP contribution is 2.23. The Bertz CT molecular complexity index is 920. The molecule has 0 saturated carbocycles. The highest BCUT2D eigenvalue weighted by molar-refractivity contribution is 7.99. The van der Waals surface area contributed by atoms with E-state index in [4.69, 9.17) is 10.5 Å². The van der Waals surface area contributed by atoms with Crippen LogP contribution in [0.2, 0.25) is 0 Å². The van der Waals surface area contributed by atoms with E-state index >= 15 is 0 Å². The van der Waals surface area contributed by atoms with Gasteiger partial charge in [-0.15, -0.1) is 0 Å². The summed E-state index contributed by atoms with van der Waals surface area (Å²) in [4.78, 5) is 31.2. The van der Waals surface area contributed by atoms with Gasteiger partial charge >= 0.3 is 0 Å². The first-order valence-corrected chi connectivity index (χ1v) is 8.15. The zero-order valence-corrected chi connectivity index (χ0v) is 13.7. The fourth-order valence-corrected chi connectivity index (χ4v) is 3.06. The average molecular weight is 341 g/mol. The molecule has 0 saturated heterocycles. The van der Waals surface area contributed by atoms with E-state index in [1.54, 1.807) is 43.5 Å². The van der Waals surface area contributed by atoms with E-state index in [0.29, 0.717) is 33.1 Å². The number of thioether (sulfide) groups is 1. The number of nitrogens with two attached hydrogens (primary N) is 1. The molecule has 0 unspecified atom stereocenters. The molecular formula is C17H15N3O3S. The third-order valence-corrected chi connectivity index (χ3v) is 4.36. The van der Waals surface area contributed by atoms with Gasteiger partial charge in [-0.2, -0.15) is 0 Å². The number of imidazole rings is 1. The first-order chi connectivity index (χ1) is 11.6. The van der Waals surface area contributed by atoms with Gasteiger partial charge in [-0.05, 0) is 24.3 Å². The molecule has 0 aliphatic carbocycles. The molecule has 0 aliphatic rings. The van der Waals surface area contributed by atoms with Gasteiger partial charge in [-0.3, -0.25) is 9.59 Å². The molecule has 0 bridgehead atoms. The fourth-order valence-electron chi connectivity index (χ4n) is 2.29. The van der Waals surface area contributed by atoms with Crippen LogP contribution < -0.4 is 10.5 Å². The summed E-state index contributed by atoms with van der Waals surface area (Å²) in [7, 11) is 1.56. The maximum atomic E-state index is 12.3. The number of amides is 1. The minimum atomic E-state index is -0.531. The Labute approximate surface area is 142 Å². The maximum Gasteiger partial charge on any atom is 0.250 e. The number of ether oxygens (including phenoxy) is 1. The third-order valence-electron chi connectivity index (χ3n) is 3.49. The lowest BCUT2D eigenvalue weighted by Gasteiger charge is -2.03. The second kappa shape index (κ2) is 6.76. The standard InChI is InChI=1S/C17H15N3O3S/c1-23-11-5-2-4-10(8-11)14(21)9-24-17-19-13-7-3-6-12(16(18)22)15(13)20-17/h2-8H,9H2,1H3,(H2,18,22)(H,19,20). The van der Waals surface area contributed by atoms with Crippen molar-refractivity contribution in [3.05, 3.63) is 53.6 Å². The van der Waals surface area contributed by atoms with Crippen molar-refractivity contribution >= 4 is 34.5 Å². The number of hydrogen-bond acceptors (Lipinski definition) is 5. The minimum Gasteiger partial charge on any atom is -0.497 e. The summed E-state index contributed by atoms with van der Waals surface area (Å²) < 4.78 is 5.12. The Kier molecular flexibility index (Phi) is 4.52. The number of Topliss-reactive ketones (excluding diaryl/α,β-unsaturated/α-hetero) is 1. The predicted octanol–water partition coefficient (Wildman–Crippen LogP) is 2.65. The highest BCUT2D eigenvalue weighted by atomic mass is 32.2. The van der Waals surface area contributed by atoms with Crippen molar-refractivity contribution in [2.45, 2.75) is 5.16 Å². The van der Waals surface area contributed by atoms with Crippen molar-refractivity contribution in [2.75, 3.05) is 12.9 Å². The first-order valence-electron chi connectivity index (χ1n) is 7.17. The lowest BCUT2D eigenvalue weighted by molar-refractivity contribution is 0.0998. The van der Waals surface area contributed by atoms with E-state index < -0.39 is 5.91 Å². The zero-order chi connectivity index (χ0) is 17.1.